The Hall–Kier alpha value is -4.20. The molecule has 8 heteroatoms. The molecule has 2 amide bonds. The van der Waals surface area contributed by atoms with Crippen molar-refractivity contribution in [3.8, 4) is 11.1 Å². The summed E-state index contributed by atoms with van der Waals surface area (Å²) in [5.74, 6) is -1.50. The maximum atomic E-state index is 12.5. The van der Waals surface area contributed by atoms with Crippen LogP contribution in [0.2, 0.25) is 0 Å². The number of carbonyl (C=O) groups excluding carboxylic acids is 2. The number of pyridine rings is 1. The highest BCUT2D eigenvalue weighted by Gasteiger charge is 2.29. The van der Waals surface area contributed by atoms with Gasteiger partial charge in [0.15, 0.2) is 0 Å². The van der Waals surface area contributed by atoms with Crippen molar-refractivity contribution in [3.05, 3.63) is 83.7 Å². The summed E-state index contributed by atoms with van der Waals surface area (Å²) in [6.07, 6.45) is 1.28. The number of fused-ring (bicyclic) bond motifs is 3. The maximum Gasteiger partial charge on any atom is 0.407 e. The summed E-state index contributed by atoms with van der Waals surface area (Å²) in [6, 6.07) is 18.6. The lowest BCUT2D eigenvalue weighted by Crippen LogP contribution is -2.38. The normalized spacial score (nSPS) is 12.9. The van der Waals surface area contributed by atoms with E-state index in [1.165, 1.54) is 18.3 Å². The molecule has 1 heterocycles. The molecular formula is C26H25N3O5. The molecule has 0 unspecified atom stereocenters. The first-order valence-corrected chi connectivity index (χ1v) is 11.1. The predicted molar refractivity (Wildman–Crippen MR) is 127 cm³/mol. The number of anilines is 1. The first kappa shape index (κ1) is 23.0. The molecule has 0 radical (unpaired) electrons. The zero-order valence-corrected chi connectivity index (χ0v) is 18.7. The number of carboxylic acids is 1. The number of aromatic carboxylic acids is 1. The van der Waals surface area contributed by atoms with E-state index in [-0.39, 0.29) is 30.5 Å². The number of aromatic nitrogens is 1. The van der Waals surface area contributed by atoms with Crippen molar-refractivity contribution in [1.29, 1.82) is 0 Å². The van der Waals surface area contributed by atoms with Crippen LogP contribution in [0.5, 0.6) is 0 Å². The highest BCUT2D eigenvalue weighted by Crippen LogP contribution is 2.44. The number of nitrogens with zero attached hydrogens (tertiary/aromatic N) is 1. The van der Waals surface area contributed by atoms with Gasteiger partial charge in [0.25, 0.3) is 0 Å². The molecule has 8 nitrogen and oxygen atoms in total. The SMILES string of the molecule is CC[C@H](CC(=O)Nc1ccc(C(=O)O)nc1)NC(=O)OCC1c2ccccc2-c2ccccc21. The number of carboxylic acid groups (broad SMARTS) is 1. The fourth-order valence-electron chi connectivity index (χ4n) is 4.13. The fraction of sp³-hybridized carbons (Fsp3) is 0.231. The van der Waals surface area contributed by atoms with Gasteiger partial charge in [-0.15, -0.1) is 0 Å². The molecule has 0 saturated carbocycles. The summed E-state index contributed by atoms with van der Waals surface area (Å²) < 4.78 is 5.56. The molecule has 1 atom stereocenters. The van der Waals surface area contributed by atoms with Gasteiger partial charge in [0.2, 0.25) is 5.91 Å². The van der Waals surface area contributed by atoms with Gasteiger partial charge in [-0.3, -0.25) is 4.79 Å². The third-order valence-corrected chi connectivity index (χ3v) is 5.86. The fourth-order valence-corrected chi connectivity index (χ4v) is 4.13. The van der Waals surface area contributed by atoms with Gasteiger partial charge < -0.3 is 20.5 Å². The van der Waals surface area contributed by atoms with Crippen LogP contribution in [-0.4, -0.2) is 40.7 Å². The second-order valence-corrected chi connectivity index (χ2v) is 8.06. The highest BCUT2D eigenvalue weighted by atomic mass is 16.5. The standard InChI is InChI=1S/C26H25N3O5/c1-2-16(13-24(30)28-17-11-12-23(25(31)32)27-14-17)29-26(33)34-15-22-20-9-5-3-7-18(20)19-8-4-6-10-21(19)22/h3-12,14,16,22H,2,13,15H2,1H3,(H,28,30)(H,29,33)(H,31,32)/t16-/m1/s1. The second-order valence-electron chi connectivity index (χ2n) is 8.06. The number of carbonyl (C=O) groups is 3. The Kier molecular flexibility index (Phi) is 6.87. The van der Waals surface area contributed by atoms with E-state index in [0.717, 1.165) is 22.3 Å². The average Bonchev–Trinajstić information content (AvgIpc) is 3.16. The summed E-state index contributed by atoms with van der Waals surface area (Å²) in [7, 11) is 0. The van der Waals surface area contributed by atoms with Crippen molar-refractivity contribution in [2.75, 3.05) is 11.9 Å². The van der Waals surface area contributed by atoms with E-state index in [0.29, 0.717) is 12.1 Å². The summed E-state index contributed by atoms with van der Waals surface area (Å²) in [5.41, 5.74) is 4.84. The van der Waals surface area contributed by atoms with Crippen LogP contribution in [0.4, 0.5) is 10.5 Å². The molecule has 1 aliphatic carbocycles. The smallest absolute Gasteiger partial charge is 0.407 e. The van der Waals surface area contributed by atoms with E-state index in [9.17, 15) is 14.4 Å². The zero-order chi connectivity index (χ0) is 24.1. The Morgan fingerprint density at radius 3 is 2.21 bits per heavy atom. The molecule has 0 bridgehead atoms. The minimum Gasteiger partial charge on any atom is -0.477 e. The summed E-state index contributed by atoms with van der Waals surface area (Å²) in [4.78, 5) is 39.5. The number of amides is 2. The van der Waals surface area contributed by atoms with Crippen molar-refractivity contribution < 1.29 is 24.2 Å². The van der Waals surface area contributed by atoms with Crippen molar-refractivity contribution >= 4 is 23.7 Å². The number of nitrogens with one attached hydrogen (secondary N) is 2. The van der Waals surface area contributed by atoms with Gasteiger partial charge in [0, 0.05) is 18.4 Å². The van der Waals surface area contributed by atoms with Crippen LogP contribution < -0.4 is 10.6 Å². The van der Waals surface area contributed by atoms with Gasteiger partial charge in [-0.25, -0.2) is 14.6 Å². The highest BCUT2D eigenvalue weighted by molar-refractivity contribution is 5.92. The van der Waals surface area contributed by atoms with E-state index < -0.39 is 18.1 Å². The molecule has 174 valence electrons. The van der Waals surface area contributed by atoms with Crippen molar-refractivity contribution in [2.24, 2.45) is 0 Å². The van der Waals surface area contributed by atoms with E-state index in [1.54, 1.807) is 0 Å². The summed E-state index contributed by atoms with van der Waals surface area (Å²) in [5, 5.41) is 14.3. The molecule has 0 saturated heterocycles. The van der Waals surface area contributed by atoms with E-state index in [4.69, 9.17) is 9.84 Å². The molecule has 1 aromatic heterocycles. The van der Waals surface area contributed by atoms with Crippen molar-refractivity contribution in [1.82, 2.24) is 10.3 Å². The molecule has 2 aromatic carbocycles. The predicted octanol–water partition coefficient (Wildman–Crippen LogP) is 4.43. The topological polar surface area (TPSA) is 118 Å². The molecule has 3 N–H and O–H groups in total. The van der Waals surface area contributed by atoms with Crippen LogP contribution in [0.15, 0.2) is 66.9 Å². The molecule has 0 spiro atoms. The van der Waals surface area contributed by atoms with Crippen molar-refractivity contribution in [2.45, 2.75) is 31.7 Å². The van der Waals surface area contributed by atoms with Gasteiger partial charge in [-0.2, -0.15) is 0 Å². The molecule has 1 aliphatic rings. The Labute approximate surface area is 197 Å². The van der Waals surface area contributed by atoms with Crippen LogP contribution in [-0.2, 0) is 9.53 Å². The minimum absolute atomic E-state index is 0.0391. The lowest BCUT2D eigenvalue weighted by molar-refractivity contribution is -0.116. The second kappa shape index (κ2) is 10.2. The zero-order valence-electron chi connectivity index (χ0n) is 18.7. The number of hydrogen-bond acceptors (Lipinski definition) is 5. The third-order valence-electron chi connectivity index (χ3n) is 5.86. The van der Waals surface area contributed by atoms with Crippen molar-refractivity contribution in [3.63, 3.8) is 0 Å². The number of hydrogen-bond donors (Lipinski definition) is 3. The van der Waals surface area contributed by atoms with E-state index >= 15 is 0 Å². The molecule has 0 fully saturated rings. The molecule has 3 aromatic rings. The lowest BCUT2D eigenvalue weighted by atomic mass is 9.98. The number of alkyl carbamates (subject to hydrolysis) is 1. The minimum atomic E-state index is -1.14. The largest absolute Gasteiger partial charge is 0.477 e. The third kappa shape index (κ3) is 5.06. The lowest BCUT2D eigenvalue weighted by Gasteiger charge is -2.18. The summed E-state index contributed by atoms with van der Waals surface area (Å²) in [6.45, 7) is 2.06. The molecule has 34 heavy (non-hydrogen) atoms. The summed E-state index contributed by atoms with van der Waals surface area (Å²) >= 11 is 0. The Morgan fingerprint density at radius 2 is 1.65 bits per heavy atom. The number of rotatable bonds is 8. The van der Waals surface area contributed by atoms with Gasteiger partial charge >= 0.3 is 12.1 Å². The number of ether oxygens (including phenoxy) is 1. The van der Waals surface area contributed by atoms with Gasteiger partial charge in [-0.05, 0) is 40.8 Å². The quantitative estimate of drug-likeness (QED) is 0.459. The van der Waals surface area contributed by atoms with Crippen LogP contribution in [0.3, 0.4) is 0 Å². The van der Waals surface area contributed by atoms with Gasteiger partial charge in [0.1, 0.15) is 12.3 Å². The van der Waals surface area contributed by atoms with E-state index in [1.807, 2.05) is 31.2 Å². The van der Waals surface area contributed by atoms with Crippen LogP contribution >= 0.6 is 0 Å². The Bertz CT molecular complexity index is 1160. The Morgan fingerprint density at radius 1 is 1.00 bits per heavy atom. The number of benzene rings is 2. The average molecular weight is 460 g/mol. The monoisotopic (exact) mass is 459 g/mol. The van der Waals surface area contributed by atoms with Gasteiger partial charge in [-0.1, -0.05) is 55.5 Å². The first-order valence-electron chi connectivity index (χ1n) is 11.1. The maximum absolute atomic E-state index is 12.5. The van der Waals surface area contributed by atoms with Crippen LogP contribution in [0.1, 0.15) is 47.3 Å². The molecular weight excluding hydrogens is 434 g/mol. The Balaban J connectivity index is 1.31. The van der Waals surface area contributed by atoms with Crippen LogP contribution in [0, 0.1) is 0 Å². The van der Waals surface area contributed by atoms with Gasteiger partial charge in [0.05, 0.1) is 11.9 Å². The van der Waals surface area contributed by atoms with E-state index in [2.05, 4.69) is 39.9 Å². The molecule has 4 rings (SSSR count). The van der Waals surface area contributed by atoms with Crippen LogP contribution in [0.25, 0.3) is 11.1 Å². The molecule has 0 aliphatic heterocycles. The first-order chi connectivity index (χ1) is 16.5.